The highest BCUT2D eigenvalue weighted by Crippen LogP contribution is 2.21. The normalized spacial score (nSPS) is 16.9. The van der Waals surface area contributed by atoms with Crippen LogP contribution in [0.15, 0.2) is 30.3 Å². The van der Waals surface area contributed by atoms with Gasteiger partial charge in [0.2, 0.25) is 0 Å². The second-order valence-corrected chi connectivity index (χ2v) is 8.09. The number of para-hydroxylation sites is 1. The lowest BCUT2D eigenvalue weighted by molar-refractivity contribution is 0.156. The Morgan fingerprint density at radius 2 is 1.76 bits per heavy atom. The molecule has 1 aliphatic rings. The van der Waals surface area contributed by atoms with Crippen molar-refractivity contribution in [1.29, 1.82) is 0 Å². The summed E-state index contributed by atoms with van der Waals surface area (Å²) in [4.78, 5) is 2.48. The third-order valence-electron chi connectivity index (χ3n) is 3.81. The smallest absolute Gasteiger partial charge is 0.501 e. The van der Waals surface area contributed by atoms with Gasteiger partial charge in [0.1, 0.15) is 5.75 Å². The van der Waals surface area contributed by atoms with Crippen molar-refractivity contribution in [2.24, 2.45) is 0 Å². The molecule has 0 saturated carbocycles. The molecule has 0 atom stereocenters. The van der Waals surface area contributed by atoms with Crippen LogP contribution in [-0.4, -0.2) is 60.6 Å². The minimum Gasteiger partial charge on any atom is -0.501 e. The fourth-order valence-electron chi connectivity index (χ4n) is 2.54. The Kier molecular flexibility index (Phi) is 6.66. The maximum absolute atomic E-state index is 6.05. The number of benzene rings is 1. The van der Waals surface area contributed by atoms with Crippen LogP contribution < -0.4 is 9.74 Å². The maximum atomic E-state index is 6.05. The molecule has 0 aromatic heterocycles. The van der Waals surface area contributed by atoms with Gasteiger partial charge in [-0.3, -0.25) is 0 Å². The fraction of sp³-hybridized carbons (Fsp3) is 0.600. The highest BCUT2D eigenvalue weighted by Gasteiger charge is 2.41. The molecule has 0 aliphatic carbocycles. The van der Waals surface area contributed by atoms with Gasteiger partial charge in [-0.25, -0.2) is 0 Å². The van der Waals surface area contributed by atoms with E-state index < -0.39 is 8.80 Å². The van der Waals surface area contributed by atoms with Gasteiger partial charge in [-0.2, -0.15) is 0 Å². The van der Waals surface area contributed by atoms with Gasteiger partial charge in [0.15, 0.2) is 0 Å². The molecule has 1 heterocycles. The minimum atomic E-state index is -2.61. The highest BCUT2D eigenvalue weighted by molar-refractivity contribution is 6.61. The van der Waals surface area contributed by atoms with Gasteiger partial charge in [0, 0.05) is 46.4 Å². The Labute approximate surface area is 128 Å². The maximum Gasteiger partial charge on any atom is 0.565 e. The Morgan fingerprint density at radius 3 is 2.38 bits per heavy atom. The van der Waals surface area contributed by atoms with Crippen LogP contribution >= 0.6 is 0 Å². The van der Waals surface area contributed by atoms with Crippen LogP contribution in [0.1, 0.15) is 6.42 Å². The monoisotopic (exact) mass is 310 g/mol. The summed E-state index contributed by atoms with van der Waals surface area (Å²) in [5, 5.41) is 3.37. The van der Waals surface area contributed by atoms with Gasteiger partial charge >= 0.3 is 8.80 Å². The average Bonchev–Trinajstić information content (AvgIpc) is 2.56. The van der Waals surface area contributed by atoms with Crippen LogP contribution in [0.25, 0.3) is 0 Å². The van der Waals surface area contributed by atoms with Crippen molar-refractivity contribution >= 4 is 8.80 Å². The molecule has 1 aromatic carbocycles. The summed E-state index contributed by atoms with van der Waals surface area (Å²) in [7, 11) is 0.757. The van der Waals surface area contributed by atoms with Gasteiger partial charge in [0.05, 0.1) is 0 Å². The summed E-state index contributed by atoms with van der Waals surface area (Å²) in [5.41, 5.74) is 0. The standard InChI is InChI=1S/C15H26N2O3Si/c1-18-21(19-2,20-15-7-4-3-5-8-15)14-6-11-17-12-9-16-10-13-17/h3-5,7-8,16H,6,9-14H2,1-2H3. The van der Waals surface area contributed by atoms with Crippen molar-refractivity contribution in [3.63, 3.8) is 0 Å². The third kappa shape index (κ3) is 5.08. The fourth-order valence-corrected chi connectivity index (χ4v) is 4.47. The van der Waals surface area contributed by atoms with Gasteiger partial charge in [-0.15, -0.1) is 0 Å². The van der Waals surface area contributed by atoms with Crippen LogP contribution in [-0.2, 0) is 8.85 Å². The summed E-state index contributed by atoms with van der Waals surface area (Å²) in [6.07, 6.45) is 1.03. The molecule has 1 aromatic rings. The Morgan fingerprint density at radius 1 is 1.10 bits per heavy atom. The van der Waals surface area contributed by atoms with E-state index >= 15 is 0 Å². The molecule has 6 heteroatoms. The number of piperazine rings is 1. The predicted molar refractivity (Wildman–Crippen MR) is 85.6 cm³/mol. The number of nitrogens with zero attached hydrogens (tertiary/aromatic N) is 1. The molecule has 1 fully saturated rings. The van der Waals surface area contributed by atoms with Gasteiger partial charge in [-0.1, -0.05) is 18.2 Å². The highest BCUT2D eigenvalue weighted by atomic mass is 28.4. The van der Waals surface area contributed by atoms with E-state index in [1.807, 2.05) is 30.3 Å². The molecule has 118 valence electrons. The van der Waals surface area contributed by atoms with Crippen LogP contribution in [0.4, 0.5) is 0 Å². The lowest BCUT2D eigenvalue weighted by Crippen LogP contribution is -2.48. The second-order valence-electron chi connectivity index (χ2n) is 5.20. The second kappa shape index (κ2) is 8.50. The molecule has 5 nitrogen and oxygen atoms in total. The summed E-state index contributed by atoms with van der Waals surface area (Å²) in [6, 6.07) is 10.6. The van der Waals surface area contributed by atoms with Crippen molar-refractivity contribution in [3.05, 3.63) is 30.3 Å². The Bertz CT molecular complexity index is 395. The molecule has 2 rings (SSSR count). The van der Waals surface area contributed by atoms with E-state index in [4.69, 9.17) is 13.3 Å². The molecule has 0 bridgehead atoms. The molecule has 0 amide bonds. The van der Waals surface area contributed by atoms with Crippen LogP contribution in [0, 0.1) is 0 Å². The van der Waals surface area contributed by atoms with E-state index in [0.717, 1.165) is 50.9 Å². The van der Waals surface area contributed by atoms with Crippen LogP contribution in [0.3, 0.4) is 0 Å². The lowest BCUT2D eigenvalue weighted by Gasteiger charge is -2.30. The molecule has 1 N–H and O–H groups in total. The average molecular weight is 310 g/mol. The number of nitrogens with one attached hydrogen (secondary N) is 1. The van der Waals surface area contributed by atoms with E-state index in [-0.39, 0.29) is 0 Å². The largest absolute Gasteiger partial charge is 0.565 e. The van der Waals surface area contributed by atoms with Crippen molar-refractivity contribution in [3.8, 4) is 5.75 Å². The number of hydrogen-bond donors (Lipinski definition) is 1. The zero-order valence-electron chi connectivity index (χ0n) is 13.0. The number of rotatable bonds is 8. The summed E-state index contributed by atoms with van der Waals surface area (Å²) < 4.78 is 17.3. The van der Waals surface area contributed by atoms with E-state index in [0.29, 0.717) is 0 Å². The van der Waals surface area contributed by atoms with E-state index in [2.05, 4.69) is 10.2 Å². The first kappa shape index (κ1) is 16.4. The molecule has 1 aliphatic heterocycles. The zero-order valence-corrected chi connectivity index (χ0v) is 14.0. The molecule has 1 saturated heterocycles. The quantitative estimate of drug-likeness (QED) is 0.739. The Hall–Kier alpha value is -0.923. The molecule has 0 unspecified atom stereocenters. The molecule has 0 radical (unpaired) electrons. The topological polar surface area (TPSA) is 43.0 Å². The van der Waals surface area contributed by atoms with Crippen LogP contribution in [0.5, 0.6) is 5.75 Å². The first-order valence-corrected chi connectivity index (χ1v) is 9.48. The Balaban J connectivity index is 1.85. The van der Waals surface area contributed by atoms with Crippen molar-refractivity contribution < 1.29 is 13.3 Å². The van der Waals surface area contributed by atoms with Crippen molar-refractivity contribution in [1.82, 2.24) is 10.2 Å². The molecule has 21 heavy (non-hydrogen) atoms. The molecular weight excluding hydrogens is 284 g/mol. The first-order chi connectivity index (χ1) is 10.3. The van der Waals surface area contributed by atoms with Crippen molar-refractivity contribution in [2.45, 2.75) is 12.5 Å². The van der Waals surface area contributed by atoms with E-state index in [1.54, 1.807) is 14.2 Å². The molecular formula is C15H26N2O3Si. The third-order valence-corrected chi connectivity index (χ3v) is 6.56. The van der Waals surface area contributed by atoms with Crippen LogP contribution in [0.2, 0.25) is 6.04 Å². The SMILES string of the molecule is CO[Si](CCCN1CCNCC1)(OC)Oc1ccccc1. The van der Waals surface area contributed by atoms with Gasteiger partial charge in [-0.05, 0) is 25.1 Å². The number of hydrogen-bond acceptors (Lipinski definition) is 5. The van der Waals surface area contributed by atoms with E-state index in [9.17, 15) is 0 Å². The summed E-state index contributed by atoms with van der Waals surface area (Å²) in [6.45, 7) is 5.47. The van der Waals surface area contributed by atoms with Gasteiger partial charge < -0.3 is 23.5 Å². The first-order valence-electron chi connectivity index (χ1n) is 7.55. The van der Waals surface area contributed by atoms with Crippen molar-refractivity contribution in [2.75, 3.05) is 46.9 Å². The van der Waals surface area contributed by atoms with Gasteiger partial charge in [0.25, 0.3) is 0 Å². The summed E-state index contributed by atoms with van der Waals surface area (Å²) in [5.74, 6) is 0.815. The molecule has 0 spiro atoms. The van der Waals surface area contributed by atoms with E-state index in [1.165, 1.54) is 0 Å². The summed E-state index contributed by atoms with van der Waals surface area (Å²) >= 11 is 0. The minimum absolute atomic E-state index is 0.815. The predicted octanol–water partition coefficient (Wildman–Crippen LogP) is 1.59. The lowest BCUT2D eigenvalue weighted by atomic mass is 10.3. The zero-order chi connectivity index (χ0) is 15.0.